The Morgan fingerprint density at radius 1 is 1.33 bits per heavy atom. The summed E-state index contributed by atoms with van der Waals surface area (Å²) in [5.74, 6) is 0.868. The molecular weight excluding hydrogens is 322 g/mol. The summed E-state index contributed by atoms with van der Waals surface area (Å²) >= 11 is 1.55. The number of pyridine rings is 1. The van der Waals surface area contributed by atoms with Gasteiger partial charge in [0.2, 0.25) is 5.91 Å². The molecule has 2 aromatic rings. The highest BCUT2D eigenvalue weighted by Gasteiger charge is 2.41. The Morgan fingerprint density at radius 2 is 2.25 bits per heavy atom. The number of hydrogen-bond donors (Lipinski definition) is 0. The Labute approximate surface area is 144 Å². The zero-order valence-electron chi connectivity index (χ0n) is 13.1. The van der Waals surface area contributed by atoms with Crippen molar-refractivity contribution in [3.05, 3.63) is 40.5 Å². The van der Waals surface area contributed by atoms with Crippen LogP contribution in [0.3, 0.4) is 0 Å². The van der Waals surface area contributed by atoms with Gasteiger partial charge in [-0.1, -0.05) is 0 Å². The minimum absolute atomic E-state index is 0.0315. The number of nitrogens with zero attached hydrogens (tertiary/aromatic N) is 5. The van der Waals surface area contributed by atoms with Gasteiger partial charge in [-0.2, -0.15) is 5.26 Å². The second-order valence-corrected chi connectivity index (χ2v) is 6.98. The van der Waals surface area contributed by atoms with Crippen molar-refractivity contribution in [3.8, 4) is 6.07 Å². The van der Waals surface area contributed by atoms with Crippen LogP contribution in [-0.2, 0) is 11.3 Å². The summed E-state index contributed by atoms with van der Waals surface area (Å²) in [5, 5.41) is 11.3. The number of piperidine rings is 1. The fourth-order valence-electron chi connectivity index (χ4n) is 3.65. The molecule has 0 spiro atoms. The molecule has 0 saturated carbocycles. The van der Waals surface area contributed by atoms with E-state index in [2.05, 4.69) is 20.9 Å². The summed E-state index contributed by atoms with van der Waals surface area (Å²) in [6.45, 7) is 1.93. The van der Waals surface area contributed by atoms with Gasteiger partial charge in [0.1, 0.15) is 11.9 Å². The minimum atomic E-state index is -0.0315. The number of nitriles is 1. The van der Waals surface area contributed by atoms with E-state index in [4.69, 9.17) is 0 Å². The molecule has 7 heteroatoms. The summed E-state index contributed by atoms with van der Waals surface area (Å²) in [6.07, 6.45) is 3.60. The van der Waals surface area contributed by atoms with E-state index in [0.717, 1.165) is 25.1 Å². The molecule has 3 fully saturated rings. The van der Waals surface area contributed by atoms with E-state index in [-0.39, 0.29) is 17.9 Å². The lowest BCUT2D eigenvalue weighted by atomic mass is 9.94. The predicted molar refractivity (Wildman–Crippen MR) is 90.3 cm³/mol. The Balaban J connectivity index is 1.62. The molecule has 5 rings (SSSR count). The molecule has 0 N–H and O–H groups in total. The van der Waals surface area contributed by atoms with Crippen molar-refractivity contribution in [1.82, 2.24) is 14.9 Å². The summed E-state index contributed by atoms with van der Waals surface area (Å²) in [6, 6.07) is 5.91. The van der Waals surface area contributed by atoms with Crippen LogP contribution >= 0.6 is 11.3 Å². The van der Waals surface area contributed by atoms with E-state index in [1.807, 2.05) is 10.3 Å². The molecule has 3 aliphatic rings. The number of thiazole rings is 1. The fourth-order valence-corrected chi connectivity index (χ4v) is 4.20. The number of carbonyl (C=O) groups is 1. The Morgan fingerprint density at radius 3 is 3.04 bits per heavy atom. The molecule has 6 nitrogen and oxygen atoms in total. The molecule has 0 aromatic carbocycles. The molecule has 0 aliphatic carbocycles. The van der Waals surface area contributed by atoms with Crippen LogP contribution < -0.4 is 4.90 Å². The first-order valence-corrected chi connectivity index (χ1v) is 8.98. The van der Waals surface area contributed by atoms with Crippen molar-refractivity contribution >= 4 is 23.1 Å². The van der Waals surface area contributed by atoms with E-state index in [0.29, 0.717) is 24.5 Å². The summed E-state index contributed by atoms with van der Waals surface area (Å²) in [4.78, 5) is 25.7. The molecule has 1 amide bonds. The van der Waals surface area contributed by atoms with Crippen molar-refractivity contribution in [3.63, 3.8) is 0 Å². The topological polar surface area (TPSA) is 73.1 Å². The lowest BCUT2D eigenvalue weighted by Crippen LogP contribution is -2.47. The third-order valence-electron chi connectivity index (χ3n) is 4.82. The van der Waals surface area contributed by atoms with Gasteiger partial charge in [-0.05, 0) is 25.0 Å². The van der Waals surface area contributed by atoms with Gasteiger partial charge in [-0.25, -0.2) is 9.97 Å². The zero-order valence-corrected chi connectivity index (χ0v) is 13.9. The van der Waals surface area contributed by atoms with E-state index in [1.165, 1.54) is 0 Å². The number of carbonyl (C=O) groups excluding carboxylic acids is 1. The average Bonchev–Trinajstić information content (AvgIpc) is 2.98. The number of fused-ring (bicyclic) bond motifs is 4. The second-order valence-electron chi connectivity index (χ2n) is 6.27. The summed E-state index contributed by atoms with van der Waals surface area (Å²) in [5.41, 5.74) is 3.32. The highest BCUT2D eigenvalue weighted by molar-refractivity contribution is 7.07. The van der Waals surface area contributed by atoms with E-state index >= 15 is 0 Å². The van der Waals surface area contributed by atoms with E-state index < -0.39 is 0 Å². The van der Waals surface area contributed by atoms with Crippen molar-refractivity contribution < 1.29 is 4.79 Å². The van der Waals surface area contributed by atoms with Crippen LogP contribution in [0, 0.1) is 17.2 Å². The SMILES string of the molecule is N#Cc1cccnc1N1C[C@H]2CC[C@@H](C1)N(Cc1cscn1)C2=O. The molecule has 2 bridgehead atoms. The highest BCUT2D eigenvalue weighted by Crippen LogP contribution is 2.32. The van der Waals surface area contributed by atoms with Crippen LogP contribution in [0.2, 0.25) is 0 Å². The monoisotopic (exact) mass is 339 g/mol. The normalized spacial score (nSPS) is 23.2. The minimum Gasteiger partial charge on any atom is -0.353 e. The largest absolute Gasteiger partial charge is 0.353 e. The van der Waals surface area contributed by atoms with Gasteiger partial charge in [0.05, 0.1) is 29.2 Å². The maximum absolute atomic E-state index is 12.9. The molecule has 0 radical (unpaired) electrons. The number of aromatic nitrogens is 2. The Kier molecular flexibility index (Phi) is 3.90. The Hall–Kier alpha value is -2.46. The van der Waals surface area contributed by atoms with Crippen LogP contribution in [0.4, 0.5) is 5.82 Å². The lowest BCUT2D eigenvalue weighted by Gasteiger charge is -2.35. The first-order valence-electron chi connectivity index (χ1n) is 8.04. The number of amides is 1. The van der Waals surface area contributed by atoms with Crippen molar-refractivity contribution in [1.29, 1.82) is 5.26 Å². The first kappa shape index (κ1) is 15.1. The van der Waals surface area contributed by atoms with E-state index in [9.17, 15) is 10.1 Å². The lowest BCUT2D eigenvalue weighted by molar-refractivity contribution is -0.140. The van der Waals surface area contributed by atoms with Crippen molar-refractivity contribution in [2.75, 3.05) is 18.0 Å². The van der Waals surface area contributed by atoms with E-state index in [1.54, 1.807) is 35.2 Å². The van der Waals surface area contributed by atoms with Crippen molar-refractivity contribution in [2.24, 2.45) is 5.92 Å². The predicted octanol–water partition coefficient (Wildman–Crippen LogP) is 2.04. The third kappa shape index (κ3) is 2.63. The van der Waals surface area contributed by atoms with Crippen LogP contribution in [0.5, 0.6) is 0 Å². The molecular formula is C17H17N5OS. The third-order valence-corrected chi connectivity index (χ3v) is 5.45. The number of anilines is 1. The standard InChI is InChI=1S/C17H17N5OS/c18-6-12-2-1-5-19-16(12)21-7-13-3-4-15(9-21)22(17(13)23)8-14-10-24-11-20-14/h1-2,5,10-11,13,15H,3-4,7-9H2/t13-,15+/m1/s1. The molecule has 24 heavy (non-hydrogen) atoms. The van der Waals surface area contributed by atoms with Crippen LogP contribution in [0.1, 0.15) is 24.1 Å². The highest BCUT2D eigenvalue weighted by atomic mass is 32.1. The van der Waals surface area contributed by atoms with Crippen LogP contribution in [-0.4, -0.2) is 39.9 Å². The zero-order chi connectivity index (χ0) is 16.5. The van der Waals surface area contributed by atoms with Crippen molar-refractivity contribution in [2.45, 2.75) is 25.4 Å². The molecule has 2 aromatic heterocycles. The maximum atomic E-state index is 12.9. The Bertz CT molecular complexity index is 785. The first-order chi connectivity index (χ1) is 11.8. The molecule has 3 saturated heterocycles. The molecule has 5 heterocycles. The van der Waals surface area contributed by atoms with Crippen LogP contribution in [0.25, 0.3) is 0 Å². The molecule has 2 atom stereocenters. The quantitative estimate of drug-likeness (QED) is 0.855. The van der Waals surface area contributed by atoms with Crippen LogP contribution in [0.15, 0.2) is 29.2 Å². The second kappa shape index (κ2) is 6.21. The summed E-state index contributed by atoms with van der Waals surface area (Å²) < 4.78 is 0. The van der Waals surface area contributed by atoms with Gasteiger partial charge in [-0.15, -0.1) is 11.3 Å². The van der Waals surface area contributed by atoms with Gasteiger partial charge in [0.25, 0.3) is 0 Å². The maximum Gasteiger partial charge on any atom is 0.228 e. The van der Waals surface area contributed by atoms with Gasteiger partial charge < -0.3 is 9.80 Å². The smallest absolute Gasteiger partial charge is 0.228 e. The van der Waals surface area contributed by atoms with Gasteiger partial charge in [0.15, 0.2) is 0 Å². The number of hydrogen-bond acceptors (Lipinski definition) is 6. The van der Waals surface area contributed by atoms with Gasteiger partial charge >= 0.3 is 0 Å². The fraction of sp³-hybridized carbons (Fsp3) is 0.412. The average molecular weight is 339 g/mol. The van der Waals surface area contributed by atoms with Gasteiger partial charge in [-0.3, -0.25) is 4.79 Å². The number of rotatable bonds is 3. The molecule has 0 unspecified atom stereocenters. The summed E-state index contributed by atoms with van der Waals surface area (Å²) in [7, 11) is 0. The molecule has 3 aliphatic heterocycles. The van der Waals surface area contributed by atoms with Gasteiger partial charge in [0, 0.05) is 30.7 Å². The molecule has 122 valence electrons.